The summed E-state index contributed by atoms with van der Waals surface area (Å²) in [5.41, 5.74) is 2.55. The van der Waals surface area contributed by atoms with E-state index in [2.05, 4.69) is 48.5 Å². The first-order valence-corrected chi connectivity index (χ1v) is 5.22. The summed E-state index contributed by atoms with van der Waals surface area (Å²) in [6, 6.07) is 20.8. The van der Waals surface area contributed by atoms with Gasteiger partial charge in [-0.3, -0.25) is 0 Å². The van der Waals surface area contributed by atoms with Crippen LogP contribution in [0.2, 0.25) is 0 Å². The quantitative estimate of drug-likeness (QED) is 0.617. The monoisotopic (exact) mass is 244 g/mol. The first-order valence-electron chi connectivity index (χ1n) is 4.45. The minimum atomic E-state index is -0.833. The van der Waals surface area contributed by atoms with E-state index in [-0.39, 0.29) is 25.9 Å². The molecule has 0 amide bonds. The van der Waals surface area contributed by atoms with Crippen LogP contribution in [0, 0.1) is 0 Å². The summed E-state index contributed by atoms with van der Waals surface area (Å²) < 4.78 is 8.46. The van der Waals surface area contributed by atoms with Crippen molar-refractivity contribution in [3.63, 3.8) is 0 Å². The third kappa shape index (κ3) is 5.38. The van der Waals surface area contributed by atoms with Gasteiger partial charge in [0, 0.05) is 0 Å². The normalized spacial score (nSPS) is 8.56. The summed E-state index contributed by atoms with van der Waals surface area (Å²) in [6.45, 7) is 0. The Hall–Kier alpha value is -0.734. The van der Waals surface area contributed by atoms with Crippen molar-refractivity contribution < 1.29 is 12.3 Å². The predicted octanol–water partition coefficient (Wildman–Crippen LogP) is 3.38. The zero-order valence-electron chi connectivity index (χ0n) is 10.8. The van der Waals surface area contributed by atoms with Crippen LogP contribution in [0.15, 0.2) is 60.7 Å². The van der Waals surface area contributed by atoms with E-state index in [1.165, 1.54) is 11.1 Å². The van der Waals surface area contributed by atoms with Gasteiger partial charge in [-0.25, -0.2) is 4.57 Å². The molecule has 0 saturated heterocycles. The molecular weight excluding hydrogens is 231 g/mol. The third-order valence-electron chi connectivity index (χ3n) is 1.88. The van der Waals surface area contributed by atoms with E-state index in [4.69, 9.17) is 9.46 Å². The van der Waals surface area contributed by atoms with Crippen molar-refractivity contribution in [2.24, 2.45) is 0 Å². The van der Waals surface area contributed by atoms with E-state index in [1.807, 2.05) is 12.1 Å². The third-order valence-corrected chi connectivity index (χ3v) is 1.88. The van der Waals surface area contributed by atoms with Gasteiger partial charge in [-0.1, -0.05) is 60.7 Å². The molecule has 0 radical (unpaired) electrons. The molecule has 0 bridgehead atoms. The number of rotatable bonds is 1. The predicted molar refractivity (Wildman–Crippen MR) is 69.7 cm³/mol. The summed E-state index contributed by atoms with van der Waals surface area (Å²) in [6.07, 6.45) is 0. The van der Waals surface area contributed by atoms with Crippen molar-refractivity contribution in [1.29, 1.82) is 0 Å². The van der Waals surface area contributed by atoms with Gasteiger partial charge in [-0.2, -0.15) is 0 Å². The minimum absolute atomic E-state index is 0. The van der Waals surface area contributed by atoms with Crippen molar-refractivity contribution in [2.45, 2.75) is 0 Å². The van der Waals surface area contributed by atoms with Gasteiger partial charge < -0.3 is 7.75 Å². The zero-order valence-corrected chi connectivity index (χ0v) is 11.1. The van der Waals surface area contributed by atoms with Gasteiger partial charge in [0.05, 0.1) is 0 Å². The zero-order chi connectivity index (χ0) is 10.9. The molecule has 0 aliphatic carbocycles. The molecule has 1 N–H and O–H groups in total. The Morgan fingerprint density at radius 2 is 1.06 bits per heavy atom. The minimum Gasteiger partial charge on any atom is -1.00 e. The second kappa shape index (κ2) is 9.49. The van der Waals surface area contributed by atoms with Crippen molar-refractivity contribution in [2.75, 3.05) is 0 Å². The SMILES string of the molecule is O=PO.[H-].[H-].[Mg+2].c1ccc(-c2ccccc2)cc1. The van der Waals surface area contributed by atoms with Gasteiger partial charge >= 0.3 is 31.7 Å². The smallest absolute Gasteiger partial charge is 1.00 e. The molecular formula is C12H13MgO2P. The Labute approximate surface area is 116 Å². The first-order chi connectivity index (χ1) is 7.38. The molecule has 0 aliphatic rings. The topological polar surface area (TPSA) is 37.3 Å². The molecule has 4 heteroatoms. The molecule has 0 aliphatic heterocycles. The molecule has 0 saturated carbocycles. The maximum absolute atomic E-state index is 8.46. The first kappa shape index (κ1) is 15.3. The summed E-state index contributed by atoms with van der Waals surface area (Å²) in [5, 5.41) is 0. The standard InChI is InChI=1S/C12H10.Mg.HO2P.2H/c1-3-7-11(8-4-1)12-9-5-2-6-10-12;;1-3-2;;/h1-10H;;(H,1,2);;/q;+2;;2*-1. The summed E-state index contributed by atoms with van der Waals surface area (Å²) in [4.78, 5) is 6.99. The molecule has 0 heterocycles. The van der Waals surface area contributed by atoms with Crippen molar-refractivity contribution in [3.05, 3.63) is 60.7 Å². The van der Waals surface area contributed by atoms with Crippen LogP contribution in [0.25, 0.3) is 11.1 Å². The molecule has 2 nitrogen and oxygen atoms in total. The van der Waals surface area contributed by atoms with Crippen molar-refractivity contribution >= 4 is 31.7 Å². The van der Waals surface area contributed by atoms with E-state index in [9.17, 15) is 0 Å². The van der Waals surface area contributed by atoms with E-state index < -0.39 is 8.69 Å². The average Bonchev–Trinajstić information content (AvgIpc) is 2.32. The summed E-state index contributed by atoms with van der Waals surface area (Å²) in [7, 11) is -0.833. The van der Waals surface area contributed by atoms with E-state index >= 15 is 0 Å². The van der Waals surface area contributed by atoms with Gasteiger partial charge in [0.15, 0.2) is 0 Å². The Balaban J connectivity index is -0.000000345. The molecule has 0 spiro atoms. The van der Waals surface area contributed by atoms with Crippen LogP contribution in [-0.4, -0.2) is 27.9 Å². The van der Waals surface area contributed by atoms with Gasteiger partial charge in [-0.05, 0) is 11.1 Å². The van der Waals surface area contributed by atoms with E-state index in [0.717, 1.165) is 0 Å². The van der Waals surface area contributed by atoms with Crippen molar-refractivity contribution in [1.82, 2.24) is 0 Å². The Morgan fingerprint density at radius 1 is 0.812 bits per heavy atom. The van der Waals surface area contributed by atoms with Crippen LogP contribution in [0.5, 0.6) is 0 Å². The van der Waals surface area contributed by atoms with Crippen LogP contribution >= 0.6 is 8.69 Å². The van der Waals surface area contributed by atoms with Gasteiger partial charge in [0.2, 0.25) is 0 Å². The van der Waals surface area contributed by atoms with Crippen LogP contribution < -0.4 is 0 Å². The van der Waals surface area contributed by atoms with Crippen LogP contribution in [0.4, 0.5) is 0 Å². The Kier molecular flexibility index (Phi) is 9.05. The fourth-order valence-corrected chi connectivity index (χ4v) is 1.26. The molecule has 2 aromatic carbocycles. The maximum atomic E-state index is 8.46. The molecule has 16 heavy (non-hydrogen) atoms. The Morgan fingerprint density at radius 3 is 1.31 bits per heavy atom. The number of benzene rings is 2. The van der Waals surface area contributed by atoms with E-state index in [0.29, 0.717) is 0 Å². The molecule has 2 aromatic rings. The number of hydrogen-bond donors (Lipinski definition) is 1. The molecule has 0 fully saturated rings. The van der Waals surface area contributed by atoms with Crippen LogP contribution in [0.1, 0.15) is 2.85 Å². The molecule has 2 rings (SSSR count). The largest absolute Gasteiger partial charge is 2.00 e. The van der Waals surface area contributed by atoms with Gasteiger partial charge in [0.1, 0.15) is 0 Å². The van der Waals surface area contributed by atoms with Crippen molar-refractivity contribution in [3.8, 4) is 11.1 Å². The second-order valence-corrected chi connectivity index (χ2v) is 2.98. The molecule has 80 valence electrons. The molecule has 0 atom stereocenters. The van der Waals surface area contributed by atoms with Crippen LogP contribution in [-0.2, 0) is 4.57 Å². The van der Waals surface area contributed by atoms with Gasteiger partial charge in [-0.15, -0.1) is 0 Å². The van der Waals surface area contributed by atoms with E-state index in [1.54, 1.807) is 0 Å². The number of hydrogen-bond acceptors (Lipinski definition) is 1. The molecule has 0 aromatic heterocycles. The second-order valence-electron chi connectivity index (χ2n) is 2.81. The summed E-state index contributed by atoms with van der Waals surface area (Å²) in [5.74, 6) is 0. The van der Waals surface area contributed by atoms with Gasteiger partial charge in [0.25, 0.3) is 0 Å². The maximum Gasteiger partial charge on any atom is 2.00 e. The molecule has 0 unspecified atom stereocenters. The fraction of sp³-hybridized carbons (Fsp3) is 0. The summed E-state index contributed by atoms with van der Waals surface area (Å²) >= 11 is 0. The fourth-order valence-electron chi connectivity index (χ4n) is 1.26. The average molecular weight is 245 g/mol. The van der Waals surface area contributed by atoms with Crippen LogP contribution in [0.3, 0.4) is 0 Å². The Bertz CT molecular complexity index is 364.